The highest BCUT2D eigenvalue weighted by Crippen LogP contribution is 2.30. The SMILES string of the molecule is CC(C)(C#N)c1nc(C(C)(C)C(=O)O)cs1. The van der Waals surface area contributed by atoms with Crippen LogP contribution in [0.2, 0.25) is 0 Å². The minimum absolute atomic E-state index is 0.503. The summed E-state index contributed by atoms with van der Waals surface area (Å²) in [5.41, 5.74) is -1.18. The fraction of sp³-hybridized carbons (Fsp3) is 0.545. The molecule has 0 fully saturated rings. The summed E-state index contributed by atoms with van der Waals surface area (Å²) in [5.74, 6) is -0.917. The number of carboxylic acids is 1. The third-order valence-corrected chi connectivity index (χ3v) is 3.66. The summed E-state index contributed by atoms with van der Waals surface area (Å²) in [6.45, 7) is 6.74. The number of nitrogens with zero attached hydrogens (tertiary/aromatic N) is 2. The number of aromatic nitrogens is 1. The van der Waals surface area contributed by atoms with E-state index < -0.39 is 16.8 Å². The van der Waals surface area contributed by atoms with Gasteiger partial charge in [-0.2, -0.15) is 5.26 Å². The molecule has 1 heterocycles. The molecule has 1 N–H and O–H groups in total. The van der Waals surface area contributed by atoms with E-state index in [1.165, 1.54) is 11.3 Å². The number of rotatable bonds is 3. The van der Waals surface area contributed by atoms with E-state index in [1.54, 1.807) is 33.1 Å². The largest absolute Gasteiger partial charge is 0.481 e. The number of carbonyl (C=O) groups is 1. The van der Waals surface area contributed by atoms with Gasteiger partial charge in [0.2, 0.25) is 0 Å². The van der Waals surface area contributed by atoms with Gasteiger partial charge in [-0.25, -0.2) is 4.98 Å². The fourth-order valence-electron chi connectivity index (χ4n) is 1.01. The standard InChI is InChI=1S/C11H14N2O2S/c1-10(2,6-12)8-13-7(5-16-8)11(3,4)9(14)15/h5H,1-4H3,(H,14,15). The smallest absolute Gasteiger partial charge is 0.315 e. The van der Waals surface area contributed by atoms with Crippen LogP contribution in [0.3, 0.4) is 0 Å². The summed E-state index contributed by atoms with van der Waals surface area (Å²) in [5, 5.41) is 20.4. The molecular formula is C11H14N2O2S. The van der Waals surface area contributed by atoms with Gasteiger partial charge >= 0.3 is 5.97 Å². The van der Waals surface area contributed by atoms with Crippen LogP contribution in [0.1, 0.15) is 38.4 Å². The van der Waals surface area contributed by atoms with Crippen molar-refractivity contribution in [3.63, 3.8) is 0 Å². The van der Waals surface area contributed by atoms with E-state index in [2.05, 4.69) is 11.1 Å². The first kappa shape index (κ1) is 12.7. The van der Waals surface area contributed by atoms with Gasteiger partial charge in [-0.3, -0.25) is 4.79 Å². The molecule has 0 atom stereocenters. The molecule has 0 saturated heterocycles. The Morgan fingerprint density at radius 2 is 2.06 bits per heavy atom. The van der Waals surface area contributed by atoms with Crippen LogP contribution in [0.5, 0.6) is 0 Å². The quantitative estimate of drug-likeness (QED) is 0.876. The molecule has 0 spiro atoms. The molecule has 0 aromatic carbocycles. The van der Waals surface area contributed by atoms with Gasteiger partial charge in [0.15, 0.2) is 0 Å². The summed E-state index contributed by atoms with van der Waals surface area (Å²) in [6, 6.07) is 2.15. The Labute approximate surface area is 98.6 Å². The predicted molar refractivity (Wildman–Crippen MR) is 61.4 cm³/mol. The molecule has 0 aliphatic heterocycles. The average Bonchev–Trinajstić information content (AvgIpc) is 2.67. The maximum atomic E-state index is 11.0. The highest BCUT2D eigenvalue weighted by atomic mass is 32.1. The van der Waals surface area contributed by atoms with Gasteiger partial charge < -0.3 is 5.11 Å². The van der Waals surface area contributed by atoms with Crippen LogP contribution in [-0.4, -0.2) is 16.1 Å². The summed E-state index contributed by atoms with van der Waals surface area (Å²) in [4.78, 5) is 15.3. The molecule has 0 aliphatic carbocycles. The molecule has 0 unspecified atom stereocenters. The average molecular weight is 238 g/mol. The van der Waals surface area contributed by atoms with Crippen molar-refractivity contribution in [2.75, 3.05) is 0 Å². The highest BCUT2D eigenvalue weighted by molar-refractivity contribution is 7.09. The molecule has 86 valence electrons. The van der Waals surface area contributed by atoms with Crippen LogP contribution in [-0.2, 0) is 15.6 Å². The van der Waals surface area contributed by atoms with Crippen LogP contribution in [0, 0.1) is 11.3 Å². The molecule has 0 amide bonds. The zero-order valence-electron chi connectivity index (χ0n) is 9.74. The van der Waals surface area contributed by atoms with Crippen LogP contribution < -0.4 is 0 Å². The van der Waals surface area contributed by atoms with Gasteiger partial charge in [0.05, 0.1) is 11.8 Å². The van der Waals surface area contributed by atoms with E-state index in [1.807, 2.05) is 0 Å². The normalized spacial score (nSPS) is 12.2. The molecule has 1 aromatic heterocycles. The van der Waals surface area contributed by atoms with Gasteiger partial charge in [-0.15, -0.1) is 11.3 Å². The second kappa shape index (κ2) is 3.87. The summed E-state index contributed by atoms with van der Waals surface area (Å²) < 4.78 is 0. The molecule has 0 aliphatic rings. The lowest BCUT2D eigenvalue weighted by Gasteiger charge is -2.16. The van der Waals surface area contributed by atoms with Crippen LogP contribution in [0.4, 0.5) is 0 Å². The van der Waals surface area contributed by atoms with Crippen LogP contribution in [0.25, 0.3) is 0 Å². The minimum atomic E-state index is -1.01. The lowest BCUT2D eigenvalue weighted by atomic mass is 9.90. The monoisotopic (exact) mass is 238 g/mol. The number of hydrogen-bond acceptors (Lipinski definition) is 4. The first-order valence-corrected chi connectivity index (χ1v) is 5.71. The van der Waals surface area contributed by atoms with E-state index in [0.29, 0.717) is 10.7 Å². The molecule has 0 radical (unpaired) electrons. The van der Waals surface area contributed by atoms with E-state index in [9.17, 15) is 4.79 Å². The van der Waals surface area contributed by atoms with Crippen molar-refractivity contribution in [1.82, 2.24) is 4.98 Å². The molecule has 0 saturated carbocycles. The molecule has 1 rings (SSSR count). The maximum Gasteiger partial charge on any atom is 0.315 e. The number of nitriles is 1. The highest BCUT2D eigenvalue weighted by Gasteiger charge is 2.34. The Kier molecular flexibility index (Phi) is 3.06. The van der Waals surface area contributed by atoms with Gasteiger partial charge in [0.25, 0.3) is 0 Å². The third kappa shape index (κ3) is 2.07. The van der Waals surface area contributed by atoms with E-state index >= 15 is 0 Å². The molecule has 0 bridgehead atoms. The van der Waals surface area contributed by atoms with Gasteiger partial charge in [-0.05, 0) is 27.7 Å². The molecular weight excluding hydrogens is 224 g/mol. The summed E-state index contributed by atoms with van der Waals surface area (Å²) >= 11 is 1.33. The first-order valence-electron chi connectivity index (χ1n) is 4.83. The maximum absolute atomic E-state index is 11.0. The van der Waals surface area contributed by atoms with Crippen molar-refractivity contribution >= 4 is 17.3 Å². The lowest BCUT2D eigenvalue weighted by Crippen LogP contribution is -2.29. The molecule has 5 heteroatoms. The zero-order valence-corrected chi connectivity index (χ0v) is 10.6. The van der Waals surface area contributed by atoms with Crippen LogP contribution >= 0.6 is 11.3 Å². The van der Waals surface area contributed by atoms with Gasteiger partial charge in [-0.1, -0.05) is 0 Å². The fourth-order valence-corrected chi connectivity index (χ4v) is 2.07. The molecule has 16 heavy (non-hydrogen) atoms. The van der Waals surface area contributed by atoms with Crippen molar-refractivity contribution in [3.8, 4) is 6.07 Å². The first-order chi connectivity index (χ1) is 7.21. The topological polar surface area (TPSA) is 74.0 Å². The van der Waals surface area contributed by atoms with E-state index in [4.69, 9.17) is 10.4 Å². The second-order valence-electron chi connectivity index (χ2n) is 4.70. The van der Waals surface area contributed by atoms with Crippen molar-refractivity contribution in [1.29, 1.82) is 5.26 Å². The van der Waals surface area contributed by atoms with Crippen molar-refractivity contribution in [2.45, 2.75) is 38.5 Å². The van der Waals surface area contributed by atoms with Crippen molar-refractivity contribution in [3.05, 3.63) is 16.1 Å². The van der Waals surface area contributed by atoms with E-state index in [0.717, 1.165) is 0 Å². The number of carboxylic acid groups (broad SMARTS) is 1. The van der Waals surface area contributed by atoms with Crippen molar-refractivity contribution < 1.29 is 9.90 Å². The lowest BCUT2D eigenvalue weighted by molar-refractivity contribution is -0.142. The van der Waals surface area contributed by atoms with Gasteiger partial charge in [0, 0.05) is 5.38 Å². The minimum Gasteiger partial charge on any atom is -0.481 e. The predicted octanol–water partition coefficient (Wildman–Crippen LogP) is 2.31. The van der Waals surface area contributed by atoms with E-state index in [-0.39, 0.29) is 0 Å². The summed E-state index contributed by atoms with van der Waals surface area (Å²) in [7, 11) is 0. The number of aliphatic carboxylic acids is 1. The third-order valence-electron chi connectivity index (χ3n) is 2.49. The molecule has 4 nitrogen and oxygen atoms in total. The van der Waals surface area contributed by atoms with Crippen LogP contribution in [0.15, 0.2) is 5.38 Å². The van der Waals surface area contributed by atoms with Crippen molar-refractivity contribution in [2.24, 2.45) is 0 Å². The second-order valence-corrected chi connectivity index (χ2v) is 5.56. The Balaban J connectivity index is 3.16. The van der Waals surface area contributed by atoms with Gasteiger partial charge in [0.1, 0.15) is 15.8 Å². The Bertz CT molecular complexity index is 455. The number of hydrogen-bond donors (Lipinski definition) is 1. The Morgan fingerprint density at radius 1 is 1.50 bits per heavy atom. The summed E-state index contributed by atoms with van der Waals surface area (Å²) in [6.07, 6.45) is 0. The Hall–Kier alpha value is -1.41. The number of thiazole rings is 1. The molecule has 1 aromatic rings. The Morgan fingerprint density at radius 3 is 2.50 bits per heavy atom. The zero-order chi connectivity index (χ0) is 12.6.